The van der Waals surface area contributed by atoms with E-state index in [1.165, 1.54) is 24.4 Å². The zero-order valence-electron chi connectivity index (χ0n) is 16.9. The Hall–Kier alpha value is -3.82. The Labute approximate surface area is 182 Å². The highest BCUT2D eigenvalue weighted by atomic mass is 19.4. The Kier molecular flexibility index (Phi) is 5.85. The molecule has 2 aromatic rings. The first-order valence-corrected chi connectivity index (χ1v) is 9.89. The molecule has 2 aliphatic heterocycles. The zero-order chi connectivity index (χ0) is 22.7. The van der Waals surface area contributed by atoms with Crippen molar-refractivity contribution in [2.45, 2.75) is 6.18 Å². The van der Waals surface area contributed by atoms with Gasteiger partial charge < -0.3 is 20.3 Å². The van der Waals surface area contributed by atoms with Crippen molar-refractivity contribution in [1.29, 1.82) is 0 Å². The fourth-order valence-corrected chi connectivity index (χ4v) is 3.39. The molecule has 7 nitrogen and oxygen atoms in total. The number of para-hydroxylation sites is 1. The van der Waals surface area contributed by atoms with Crippen LogP contribution in [0.4, 0.5) is 18.9 Å². The molecule has 0 amide bonds. The van der Waals surface area contributed by atoms with Crippen LogP contribution in [0.25, 0.3) is 0 Å². The molecular weight excluding hydrogens is 423 g/mol. The molecule has 0 atom stereocenters. The number of guanidine groups is 1. The second-order valence-electron chi connectivity index (χ2n) is 7.19. The lowest BCUT2D eigenvalue weighted by Crippen LogP contribution is -2.49. The first kappa shape index (κ1) is 21.4. The fraction of sp³-hybridized carbons (Fsp3) is 0.227. The number of benzene rings is 2. The normalized spacial score (nSPS) is 18.7. The molecule has 0 aromatic heterocycles. The maximum atomic E-state index is 13.3. The van der Waals surface area contributed by atoms with Crippen LogP contribution < -0.4 is 5.73 Å². The van der Waals surface area contributed by atoms with E-state index in [1.807, 2.05) is 40.1 Å². The predicted octanol–water partition coefficient (Wildman–Crippen LogP) is 3.11. The van der Waals surface area contributed by atoms with Gasteiger partial charge in [-0.15, -0.1) is 0 Å². The van der Waals surface area contributed by atoms with Crippen LogP contribution in [-0.2, 0) is 15.7 Å². The third kappa shape index (κ3) is 4.74. The van der Waals surface area contributed by atoms with E-state index in [9.17, 15) is 18.0 Å². The molecule has 2 aliphatic rings. The van der Waals surface area contributed by atoms with E-state index in [-0.39, 0.29) is 17.2 Å². The SMILES string of the molecule is NC(=Nc1ccccc1)N1CCN(/C=C2\N=C(c3ccccc3C(F)(F)F)OC2=O)CC1. The summed E-state index contributed by atoms with van der Waals surface area (Å²) in [7, 11) is 0. The molecule has 1 fully saturated rings. The van der Waals surface area contributed by atoms with Crippen molar-refractivity contribution in [2.24, 2.45) is 15.7 Å². The van der Waals surface area contributed by atoms with E-state index in [1.54, 1.807) is 0 Å². The Morgan fingerprint density at radius 2 is 1.69 bits per heavy atom. The minimum Gasteiger partial charge on any atom is -0.402 e. The standard InChI is InChI=1S/C22H20F3N5O2/c23-22(24,25)17-9-5-4-8-16(17)19-28-18(20(31)32-19)14-29-10-12-30(13-11-29)21(26)27-15-6-2-1-3-7-15/h1-9,14H,10-13H2,(H2,26,27)/b18-14-. The van der Waals surface area contributed by atoms with Crippen LogP contribution in [-0.4, -0.2) is 53.8 Å². The summed E-state index contributed by atoms with van der Waals surface area (Å²) in [5, 5.41) is 0. The van der Waals surface area contributed by atoms with Crippen LogP contribution in [0.15, 0.2) is 76.5 Å². The molecule has 0 unspecified atom stereocenters. The number of carbonyl (C=O) groups is 1. The Bertz CT molecular complexity index is 1090. The van der Waals surface area contributed by atoms with Gasteiger partial charge >= 0.3 is 12.1 Å². The molecule has 1 saturated heterocycles. The lowest BCUT2D eigenvalue weighted by Gasteiger charge is -2.34. The maximum Gasteiger partial charge on any atom is 0.417 e. The smallest absolute Gasteiger partial charge is 0.402 e. The Morgan fingerprint density at radius 1 is 1.03 bits per heavy atom. The van der Waals surface area contributed by atoms with Crippen molar-refractivity contribution in [2.75, 3.05) is 26.2 Å². The van der Waals surface area contributed by atoms with Gasteiger partial charge in [0.05, 0.1) is 11.3 Å². The maximum absolute atomic E-state index is 13.3. The van der Waals surface area contributed by atoms with Gasteiger partial charge in [-0.05, 0) is 24.3 Å². The minimum atomic E-state index is -4.59. The van der Waals surface area contributed by atoms with E-state index in [4.69, 9.17) is 10.5 Å². The van der Waals surface area contributed by atoms with Gasteiger partial charge in [0.2, 0.25) is 5.90 Å². The average Bonchev–Trinajstić information content (AvgIpc) is 3.14. The molecule has 0 radical (unpaired) electrons. The fourth-order valence-electron chi connectivity index (χ4n) is 3.39. The van der Waals surface area contributed by atoms with Crippen molar-refractivity contribution >= 4 is 23.5 Å². The van der Waals surface area contributed by atoms with Crippen LogP contribution in [0.2, 0.25) is 0 Å². The molecule has 10 heteroatoms. The van der Waals surface area contributed by atoms with Gasteiger partial charge in [-0.25, -0.2) is 14.8 Å². The molecular formula is C22H20F3N5O2. The van der Waals surface area contributed by atoms with Crippen LogP contribution in [0.3, 0.4) is 0 Å². The van der Waals surface area contributed by atoms with Crippen molar-refractivity contribution in [1.82, 2.24) is 9.80 Å². The van der Waals surface area contributed by atoms with Crippen molar-refractivity contribution in [3.05, 3.63) is 77.6 Å². The highest BCUT2D eigenvalue weighted by molar-refractivity contribution is 6.11. The van der Waals surface area contributed by atoms with Crippen LogP contribution >= 0.6 is 0 Å². The number of hydrogen-bond acceptors (Lipinski definition) is 5. The summed E-state index contributed by atoms with van der Waals surface area (Å²) in [6, 6.07) is 14.2. The molecule has 0 bridgehead atoms. The summed E-state index contributed by atoms with van der Waals surface area (Å²) in [4.78, 5) is 24.4. The van der Waals surface area contributed by atoms with Gasteiger partial charge in [0.1, 0.15) is 0 Å². The number of alkyl halides is 3. The summed E-state index contributed by atoms with van der Waals surface area (Å²) in [5.74, 6) is -0.746. The van der Waals surface area contributed by atoms with Gasteiger partial charge in [0.15, 0.2) is 11.7 Å². The number of hydrogen-bond donors (Lipinski definition) is 1. The van der Waals surface area contributed by atoms with E-state index in [0.717, 1.165) is 11.8 Å². The molecule has 2 N–H and O–H groups in total. The summed E-state index contributed by atoms with van der Waals surface area (Å²) in [6.07, 6.45) is -3.08. The van der Waals surface area contributed by atoms with Gasteiger partial charge in [-0.3, -0.25) is 0 Å². The van der Waals surface area contributed by atoms with E-state index >= 15 is 0 Å². The number of nitrogens with zero attached hydrogens (tertiary/aromatic N) is 4. The molecule has 32 heavy (non-hydrogen) atoms. The first-order valence-electron chi connectivity index (χ1n) is 9.89. The zero-order valence-corrected chi connectivity index (χ0v) is 16.9. The Morgan fingerprint density at radius 3 is 2.38 bits per heavy atom. The quantitative estimate of drug-likeness (QED) is 0.341. The van der Waals surface area contributed by atoms with Gasteiger partial charge in [-0.2, -0.15) is 13.2 Å². The molecule has 2 aromatic carbocycles. The summed E-state index contributed by atoms with van der Waals surface area (Å²) >= 11 is 0. The number of nitrogens with two attached hydrogens (primary N) is 1. The number of cyclic esters (lactones) is 1. The molecule has 0 saturated carbocycles. The minimum absolute atomic E-state index is 0.0450. The number of piperazine rings is 1. The monoisotopic (exact) mass is 443 g/mol. The van der Waals surface area contributed by atoms with E-state index in [2.05, 4.69) is 9.98 Å². The third-order valence-corrected chi connectivity index (χ3v) is 5.03. The second kappa shape index (κ2) is 8.74. The second-order valence-corrected chi connectivity index (χ2v) is 7.19. The van der Waals surface area contributed by atoms with Crippen LogP contribution in [0.5, 0.6) is 0 Å². The molecule has 0 spiro atoms. The summed E-state index contributed by atoms with van der Waals surface area (Å²) in [6.45, 7) is 2.19. The van der Waals surface area contributed by atoms with E-state index in [0.29, 0.717) is 32.1 Å². The largest absolute Gasteiger partial charge is 0.417 e. The summed E-state index contributed by atoms with van der Waals surface area (Å²) < 4.78 is 44.8. The molecule has 166 valence electrons. The van der Waals surface area contributed by atoms with Gasteiger partial charge in [-0.1, -0.05) is 30.3 Å². The topological polar surface area (TPSA) is 83.5 Å². The highest BCUT2D eigenvalue weighted by Crippen LogP contribution is 2.33. The molecule has 2 heterocycles. The van der Waals surface area contributed by atoms with Crippen molar-refractivity contribution in [3.63, 3.8) is 0 Å². The third-order valence-electron chi connectivity index (χ3n) is 5.03. The average molecular weight is 443 g/mol. The van der Waals surface area contributed by atoms with Gasteiger partial charge in [0, 0.05) is 37.9 Å². The number of carbonyl (C=O) groups excluding carboxylic acids is 1. The van der Waals surface area contributed by atoms with Crippen molar-refractivity contribution < 1.29 is 22.7 Å². The Balaban J connectivity index is 1.45. The number of ether oxygens (including phenoxy) is 1. The van der Waals surface area contributed by atoms with Crippen LogP contribution in [0.1, 0.15) is 11.1 Å². The lowest BCUT2D eigenvalue weighted by atomic mass is 10.1. The molecule has 4 rings (SSSR count). The molecule has 0 aliphatic carbocycles. The number of halogens is 3. The van der Waals surface area contributed by atoms with Gasteiger partial charge in [0.25, 0.3) is 0 Å². The lowest BCUT2D eigenvalue weighted by molar-refractivity contribution is -0.138. The number of aliphatic imine (C=N–C) groups is 2. The van der Waals surface area contributed by atoms with Crippen molar-refractivity contribution in [3.8, 4) is 0 Å². The number of rotatable bonds is 3. The van der Waals surface area contributed by atoms with Crippen LogP contribution in [0, 0.1) is 0 Å². The first-order chi connectivity index (χ1) is 15.3. The summed E-state index contributed by atoms with van der Waals surface area (Å²) in [5.41, 5.74) is 5.63. The predicted molar refractivity (Wildman–Crippen MR) is 113 cm³/mol. The number of esters is 1. The van der Waals surface area contributed by atoms with E-state index < -0.39 is 17.7 Å². The highest BCUT2D eigenvalue weighted by Gasteiger charge is 2.37.